The van der Waals surface area contributed by atoms with Crippen LogP contribution in [0.25, 0.3) is 10.9 Å². The molecular formula is C22H23F2N3O4S. The maximum atomic E-state index is 13.9. The summed E-state index contributed by atoms with van der Waals surface area (Å²) in [5.41, 5.74) is -0.785. The number of amides is 1. The minimum absolute atomic E-state index is 0.00579. The number of rotatable bonds is 8. The number of sulfonamides is 1. The summed E-state index contributed by atoms with van der Waals surface area (Å²) in [5, 5.41) is 0.00579. The fourth-order valence-corrected chi connectivity index (χ4v) is 4.42. The van der Waals surface area contributed by atoms with Crippen molar-refractivity contribution in [1.82, 2.24) is 9.88 Å². The summed E-state index contributed by atoms with van der Waals surface area (Å²) in [6, 6.07) is 6.18. The van der Waals surface area contributed by atoms with Crippen LogP contribution in [-0.2, 0) is 10.0 Å². The molecule has 1 heterocycles. The molecule has 170 valence electrons. The van der Waals surface area contributed by atoms with Crippen LogP contribution in [0.4, 0.5) is 14.5 Å². The summed E-state index contributed by atoms with van der Waals surface area (Å²) in [6.07, 6.45) is 2.78. The van der Waals surface area contributed by atoms with Crippen molar-refractivity contribution in [3.63, 3.8) is 0 Å². The van der Waals surface area contributed by atoms with Crippen LogP contribution in [-0.4, -0.2) is 37.3 Å². The molecule has 0 saturated carbocycles. The quantitative estimate of drug-likeness (QED) is 0.530. The number of halogens is 2. The maximum absolute atomic E-state index is 13.9. The molecule has 0 fully saturated rings. The minimum atomic E-state index is -4.28. The third-order valence-corrected chi connectivity index (χ3v) is 6.21. The highest BCUT2D eigenvalue weighted by Gasteiger charge is 2.21. The molecule has 0 saturated heterocycles. The van der Waals surface area contributed by atoms with Gasteiger partial charge in [-0.05, 0) is 43.2 Å². The van der Waals surface area contributed by atoms with Gasteiger partial charge in [-0.25, -0.2) is 17.2 Å². The summed E-state index contributed by atoms with van der Waals surface area (Å²) < 4.78 is 54.5. The van der Waals surface area contributed by atoms with Gasteiger partial charge in [0.25, 0.3) is 15.9 Å². The van der Waals surface area contributed by atoms with Crippen LogP contribution in [0, 0.1) is 11.6 Å². The van der Waals surface area contributed by atoms with E-state index >= 15 is 0 Å². The Hall–Kier alpha value is -3.27. The van der Waals surface area contributed by atoms with Crippen LogP contribution in [0.2, 0.25) is 0 Å². The third kappa shape index (κ3) is 4.80. The van der Waals surface area contributed by atoms with Gasteiger partial charge in [0.1, 0.15) is 17.2 Å². The lowest BCUT2D eigenvalue weighted by Crippen LogP contribution is -2.35. The van der Waals surface area contributed by atoms with E-state index in [2.05, 4.69) is 4.98 Å². The fourth-order valence-electron chi connectivity index (χ4n) is 3.32. The highest BCUT2D eigenvalue weighted by atomic mass is 32.2. The van der Waals surface area contributed by atoms with Crippen molar-refractivity contribution in [2.75, 3.05) is 17.8 Å². The van der Waals surface area contributed by atoms with Crippen molar-refractivity contribution in [2.45, 2.75) is 31.6 Å². The van der Waals surface area contributed by atoms with Gasteiger partial charge in [0.05, 0.1) is 10.6 Å². The standard InChI is InChI=1S/C22H23F2N3O4S/c1-3-9-27(10-4-2)22(29)17-13-25-19-8-6-15(12-16(19)21(17)28)32(30,31)26-20-7-5-14(23)11-18(20)24/h5-8,11-13,26H,3-4,9-10H2,1-2H3,(H,25,28). The summed E-state index contributed by atoms with van der Waals surface area (Å²) in [4.78, 5) is 30.0. The number of benzene rings is 2. The molecule has 0 radical (unpaired) electrons. The van der Waals surface area contributed by atoms with Gasteiger partial charge in [-0.15, -0.1) is 0 Å². The first-order valence-corrected chi connectivity index (χ1v) is 11.6. The molecule has 7 nitrogen and oxygen atoms in total. The first-order valence-electron chi connectivity index (χ1n) is 10.1. The highest BCUT2D eigenvalue weighted by molar-refractivity contribution is 7.92. The predicted octanol–water partition coefficient (Wildman–Crippen LogP) is 3.87. The highest BCUT2D eigenvalue weighted by Crippen LogP contribution is 2.22. The molecule has 2 N–H and O–H groups in total. The Labute approximate surface area is 184 Å². The second-order valence-electron chi connectivity index (χ2n) is 7.26. The molecule has 0 aliphatic heterocycles. The molecule has 1 aromatic heterocycles. The van der Waals surface area contributed by atoms with Gasteiger partial charge in [0.15, 0.2) is 0 Å². The van der Waals surface area contributed by atoms with Crippen LogP contribution >= 0.6 is 0 Å². The molecule has 3 rings (SSSR count). The first-order chi connectivity index (χ1) is 15.2. The molecule has 32 heavy (non-hydrogen) atoms. The maximum Gasteiger partial charge on any atom is 0.262 e. The number of carbonyl (C=O) groups is 1. The molecule has 0 aliphatic carbocycles. The zero-order valence-electron chi connectivity index (χ0n) is 17.6. The number of nitrogens with one attached hydrogen (secondary N) is 2. The number of H-pyrrole nitrogens is 1. The number of fused-ring (bicyclic) bond motifs is 1. The van der Waals surface area contributed by atoms with Crippen molar-refractivity contribution in [2.24, 2.45) is 0 Å². The molecule has 10 heteroatoms. The molecule has 3 aromatic rings. The summed E-state index contributed by atoms with van der Waals surface area (Å²) in [5.74, 6) is -2.36. The smallest absolute Gasteiger partial charge is 0.262 e. The Kier molecular flexibility index (Phi) is 6.93. The molecule has 0 spiro atoms. The monoisotopic (exact) mass is 463 g/mol. The van der Waals surface area contributed by atoms with E-state index in [1.165, 1.54) is 18.3 Å². The van der Waals surface area contributed by atoms with E-state index in [1.807, 2.05) is 18.6 Å². The molecule has 0 aliphatic rings. The van der Waals surface area contributed by atoms with Crippen LogP contribution in [0.5, 0.6) is 0 Å². The molecule has 0 atom stereocenters. The minimum Gasteiger partial charge on any atom is -0.360 e. The molecule has 0 bridgehead atoms. The Morgan fingerprint density at radius 1 is 1.06 bits per heavy atom. The van der Waals surface area contributed by atoms with Gasteiger partial charge in [0.2, 0.25) is 5.43 Å². The van der Waals surface area contributed by atoms with Gasteiger partial charge in [-0.3, -0.25) is 14.3 Å². The second kappa shape index (κ2) is 9.47. The van der Waals surface area contributed by atoms with E-state index in [0.29, 0.717) is 24.7 Å². The van der Waals surface area contributed by atoms with Crippen molar-refractivity contribution in [3.8, 4) is 0 Å². The number of aromatic nitrogens is 1. The number of hydrogen-bond donors (Lipinski definition) is 2. The second-order valence-corrected chi connectivity index (χ2v) is 8.94. The van der Waals surface area contributed by atoms with Crippen molar-refractivity contribution >= 4 is 32.5 Å². The average molecular weight is 464 g/mol. The van der Waals surface area contributed by atoms with Crippen LogP contribution < -0.4 is 10.2 Å². The SMILES string of the molecule is CCCN(CCC)C(=O)c1c[nH]c2ccc(S(=O)(=O)Nc3ccc(F)cc3F)cc2c1=O. The van der Waals surface area contributed by atoms with Gasteiger partial charge in [-0.1, -0.05) is 13.8 Å². The van der Waals surface area contributed by atoms with E-state index < -0.39 is 38.7 Å². The molecule has 2 aromatic carbocycles. The lowest BCUT2D eigenvalue weighted by molar-refractivity contribution is 0.0754. The van der Waals surface area contributed by atoms with Gasteiger partial charge in [-0.2, -0.15) is 0 Å². The zero-order valence-corrected chi connectivity index (χ0v) is 18.4. The first kappa shape index (κ1) is 23.4. The summed E-state index contributed by atoms with van der Waals surface area (Å²) >= 11 is 0. The Balaban J connectivity index is 2.03. The number of anilines is 1. The largest absolute Gasteiger partial charge is 0.360 e. The molecule has 1 amide bonds. The van der Waals surface area contributed by atoms with Crippen molar-refractivity contribution in [1.29, 1.82) is 0 Å². The van der Waals surface area contributed by atoms with E-state index in [1.54, 1.807) is 4.90 Å². The number of aromatic amines is 1. The molecule has 0 unspecified atom stereocenters. The van der Waals surface area contributed by atoms with Crippen molar-refractivity contribution in [3.05, 3.63) is 70.0 Å². The zero-order chi connectivity index (χ0) is 23.5. The summed E-state index contributed by atoms with van der Waals surface area (Å²) in [7, 11) is -4.28. The number of pyridine rings is 1. The lowest BCUT2D eigenvalue weighted by atomic mass is 10.1. The average Bonchev–Trinajstić information content (AvgIpc) is 2.75. The summed E-state index contributed by atoms with van der Waals surface area (Å²) in [6.45, 7) is 4.83. The number of carbonyl (C=O) groups excluding carboxylic acids is 1. The lowest BCUT2D eigenvalue weighted by Gasteiger charge is -2.21. The van der Waals surface area contributed by atoms with Gasteiger partial charge >= 0.3 is 0 Å². The number of hydrogen-bond acceptors (Lipinski definition) is 4. The topological polar surface area (TPSA) is 99.3 Å². The van der Waals surface area contributed by atoms with Crippen molar-refractivity contribution < 1.29 is 22.0 Å². The fraction of sp³-hybridized carbons (Fsp3) is 0.273. The van der Waals surface area contributed by atoms with Gasteiger partial charge < -0.3 is 9.88 Å². The molecular weight excluding hydrogens is 440 g/mol. The Bertz CT molecular complexity index is 1320. The van der Waals surface area contributed by atoms with E-state index in [9.17, 15) is 26.8 Å². The number of nitrogens with zero attached hydrogens (tertiary/aromatic N) is 1. The van der Waals surface area contributed by atoms with E-state index in [-0.39, 0.29) is 15.8 Å². The van der Waals surface area contributed by atoms with Gasteiger partial charge in [0, 0.05) is 36.3 Å². The van der Waals surface area contributed by atoms with E-state index in [4.69, 9.17) is 0 Å². The van der Waals surface area contributed by atoms with Crippen LogP contribution in [0.3, 0.4) is 0 Å². The Morgan fingerprint density at radius 3 is 2.38 bits per heavy atom. The van der Waals surface area contributed by atoms with E-state index in [0.717, 1.165) is 31.0 Å². The predicted molar refractivity (Wildman–Crippen MR) is 118 cm³/mol. The van der Waals surface area contributed by atoms with Crippen LogP contribution in [0.1, 0.15) is 37.0 Å². The normalized spacial score (nSPS) is 11.5. The van der Waals surface area contributed by atoms with Crippen LogP contribution in [0.15, 0.2) is 52.3 Å². The third-order valence-electron chi connectivity index (χ3n) is 4.84. The Morgan fingerprint density at radius 2 is 1.75 bits per heavy atom.